The van der Waals surface area contributed by atoms with Gasteiger partial charge < -0.3 is 31.6 Å². The predicted octanol–water partition coefficient (Wildman–Crippen LogP) is -0.961. The van der Waals surface area contributed by atoms with Gasteiger partial charge >= 0.3 is 40.6 Å². The van der Waals surface area contributed by atoms with E-state index in [0.717, 1.165) is 0 Å². The Hall–Kier alpha value is -3.78. The average molecular weight is 468 g/mol. The minimum atomic E-state index is -1.31. The van der Waals surface area contributed by atoms with E-state index in [2.05, 4.69) is 30.6 Å². The topological polar surface area (TPSA) is 213 Å². The number of H-pyrrole nitrogens is 1. The maximum Gasteiger partial charge on any atom is 0.326 e. The maximum atomic E-state index is 12.3. The lowest BCUT2D eigenvalue weighted by atomic mass is 10.1. The van der Waals surface area contributed by atoms with E-state index < -0.39 is 29.4 Å². The molecule has 2 heterocycles. The van der Waals surface area contributed by atoms with Crippen molar-refractivity contribution in [3.8, 4) is 0 Å². The number of hydrogen-bond donors (Lipinski definition) is 6. The zero-order valence-electron chi connectivity index (χ0n) is 16.5. The Balaban J connectivity index is 0.00000385. The number of rotatable bonds is 9. The van der Waals surface area contributed by atoms with E-state index in [1.165, 1.54) is 18.3 Å². The molecule has 0 aliphatic rings. The molecule has 7 N–H and O–H groups in total. The summed E-state index contributed by atoms with van der Waals surface area (Å²) >= 11 is 0. The molecule has 1 aromatic carbocycles. The van der Waals surface area contributed by atoms with E-state index in [4.69, 9.17) is 15.9 Å². The highest BCUT2D eigenvalue weighted by molar-refractivity contribution is 5.96. The molecule has 0 radical (unpaired) electrons. The Kier molecular flexibility index (Phi) is 8.64. The molecule has 0 saturated carbocycles. The van der Waals surface area contributed by atoms with Crippen molar-refractivity contribution in [1.29, 1.82) is 0 Å². The fourth-order valence-electron chi connectivity index (χ4n) is 2.76. The number of carbonyl (C=O) groups is 3. The van der Waals surface area contributed by atoms with Gasteiger partial charge in [0.1, 0.15) is 6.04 Å². The highest BCUT2D eigenvalue weighted by Crippen LogP contribution is 2.12. The second-order valence-electron chi connectivity index (χ2n) is 6.71. The van der Waals surface area contributed by atoms with Crippen LogP contribution in [0.1, 0.15) is 28.9 Å². The highest BCUT2D eigenvalue weighted by Gasteiger charge is 2.21. The minimum Gasteiger partial charge on any atom is -0.481 e. The third kappa shape index (κ3) is 6.85. The van der Waals surface area contributed by atoms with Crippen molar-refractivity contribution in [2.45, 2.75) is 25.4 Å². The molecule has 33 heavy (non-hydrogen) atoms. The number of carboxylic acids is 2. The fourth-order valence-corrected chi connectivity index (χ4v) is 2.76. The van der Waals surface area contributed by atoms with E-state index >= 15 is 0 Å². The number of nitrogens with two attached hydrogens (primary N) is 1. The molecule has 0 unspecified atom stereocenters. The van der Waals surface area contributed by atoms with Gasteiger partial charge in [0.05, 0.1) is 18.4 Å². The van der Waals surface area contributed by atoms with Crippen LogP contribution in [0, 0.1) is 0 Å². The van der Waals surface area contributed by atoms with Crippen LogP contribution in [-0.2, 0) is 16.1 Å². The molecule has 0 fully saturated rings. The van der Waals surface area contributed by atoms with Crippen LogP contribution in [0.25, 0.3) is 11.2 Å². The van der Waals surface area contributed by atoms with Crippen molar-refractivity contribution in [1.82, 2.24) is 25.3 Å². The Morgan fingerprint density at radius 1 is 1.12 bits per heavy atom. The Morgan fingerprint density at radius 2 is 1.82 bits per heavy atom. The zero-order valence-corrected chi connectivity index (χ0v) is 16.5. The molecule has 2 aromatic heterocycles. The Labute approximate surface area is 202 Å². The molecular weight excluding hydrogens is 447 g/mol. The molecule has 0 saturated heterocycles. The first-order chi connectivity index (χ1) is 15.2. The lowest BCUT2D eigenvalue weighted by Gasteiger charge is -2.14. The summed E-state index contributed by atoms with van der Waals surface area (Å²) < 4.78 is 0. The standard InChI is InChI=1S/C19H19N7O6.Mg.2H/c20-19-25-15-14(17(30)26-19)23-11(8-22-15)7-21-10-3-1-9(2-4-10)16(29)24-12(18(31)32)5-6-13(27)28;;;/h1-4,8,12,21H,5-7H2,(H,24,29)(H,27,28)(H,31,32)(H3,20,22,25,26,30);;;/t12-;;;/m0.../s1. The monoisotopic (exact) mass is 467 g/mol. The zero-order chi connectivity index (χ0) is 23.3. The molecule has 13 nitrogen and oxygen atoms in total. The smallest absolute Gasteiger partial charge is 0.326 e. The second-order valence-corrected chi connectivity index (χ2v) is 6.71. The summed E-state index contributed by atoms with van der Waals surface area (Å²) in [5.74, 6) is -3.16. The summed E-state index contributed by atoms with van der Waals surface area (Å²) in [4.78, 5) is 60.5. The van der Waals surface area contributed by atoms with E-state index in [1.807, 2.05) is 0 Å². The number of aromatic amines is 1. The summed E-state index contributed by atoms with van der Waals surface area (Å²) in [6, 6.07) is 4.86. The van der Waals surface area contributed by atoms with E-state index in [9.17, 15) is 19.2 Å². The van der Waals surface area contributed by atoms with Crippen LogP contribution in [0.5, 0.6) is 0 Å². The lowest BCUT2D eigenvalue weighted by Crippen LogP contribution is -2.41. The molecule has 0 aliphatic heterocycles. The van der Waals surface area contributed by atoms with E-state index in [-0.39, 0.29) is 65.1 Å². The van der Waals surface area contributed by atoms with Crippen molar-refractivity contribution in [2.75, 3.05) is 11.1 Å². The molecule has 170 valence electrons. The number of nitrogens with zero attached hydrogens (tertiary/aromatic N) is 3. The van der Waals surface area contributed by atoms with Crippen molar-refractivity contribution in [3.05, 3.63) is 52.1 Å². The van der Waals surface area contributed by atoms with Gasteiger partial charge in [-0.1, -0.05) is 0 Å². The lowest BCUT2D eigenvalue weighted by molar-refractivity contribution is -0.140. The van der Waals surface area contributed by atoms with Gasteiger partial charge in [0.15, 0.2) is 11.2 Å². The van der Waals surface area contributed by atoms with Gasteiger partial charge in [-0.25, -0.2) is 14.8 Å². The number of anilines is 2. The van der Waals surface area contributed by atoms with Crippen molar-refractivity contribution in [3.63, 3.8) is 0 Å². The SMILES string of the molecule is Nc1nc(=O)c2nc(CNc3ccc(C(=O)N[C@@H](CCC(=O)O)C(=O)O)cc3)cnc2[nH]1.[MgH2]. The maximum absolute atomic E-state index is 12.3. The van der Waals surface area contributed by atoms with Crippen LogP contribution in [0.4, 0.5) is 11.6 Å². The van der Waals surface area contributed by atoms with Gasteiger partial charge in [0, 0.05) is 17.7 Å². The van der Waals surface area contributed by atoms with Gasteiger partial charge in [0.2, 0.25) is 5.95 Å². The summed E-state index contributed by atoms with van der Waals surface area (Å²) in [7, 11) is 0. The summed E-state index contributed by atoms with van der Waals surface area (Å²) in [6.45, 7) is 0.231. The van der Waals surface area contributed by atoms with E-state index in [1.54, 1.807) is 12.1 Å². The predicted molar refractivity (Wildman–Crippen MR) is 120 cm³/mol. The second kappa shape index (κ2) is 11.2. The molecule has 0 bridgehead atoms. The number of nitrogens with one attached hydrogen (secondary N) is 3. The van der Waals surface area contributed by atoms with Gasteiger partial charge in [-0.05, 0) is 30.7 Å². The van der Waals surface area contributed by atoms with E-state index in [0.29, 0.717) is 11.4 Å². The Bertz CT molecular complexity index is 1230. The van der Waals surface area contributed by atoms with Crippen LogP contribution >= 0.6 is 0 Å². The van der Waals surface area contributed by atoms with Gasteiger partial charge in [-0.3, -0.25) is 14.4 Å². The third-order valence-corrected chi connectivity index (χ3v) is 4.36. The molecule has 14 heteroatoms. The third-order valence-electron chi connectivity index (χ3n) is 4.36. The van der Waals surface area contributed by atoms with Crippen LogP contribution in [-0.4, -0.2) is 77.1 Å². The number of aromatic nitrogens is 4. The molecule has 1 atom stereocenters. The van der Waals surface area contributed by atoms with Crippen LogP contribution in [0.3, 0.4) is 0 Å². The summed E-state index contributed by atoms with van der Waals surface area (Å²) in [6.07, 6.45) is 0.858. The van der Waals surface area contributed by atoms with Crippen molar-refractivity contribution >= 4 is 63.7 Å². The number of benzene rings is 1. The molecule has 3 rings (SSSR count). The first-order valence-electron chi connectivity index (χ1n) is 9.33. The first kappa shape index (κ1) is 25.5. The molecule has 0 spiro atoms. The number of nitrogen functional groups attached to an aromatic ring is 1. The van der Waals surface area contributed by atoms with Gasteiger partial charge in [-0.2, -0.15) is 4.98 Å². The normalized spacial score (nSPS) is 11.3. The van der Waals surface area contributed by atoms with Crippen LogP contribution < -0.4 is 21.9 Å². The fraction of sp³-hybridized carbons (Fsp3) is 0.211. The quantitative estimate of drug-likeness (QED) is 0.211. The molecule has 0 aliphatic carbocycles. The largest absolute Gasteiger partial charge is 0.481 e. The highest BCUT2D eigenvalue weighted by atomic mass is 24.3. The molecular formula is C19H21MgN7O6. The molecule has 3 aromatic rings. The summed E-state index contributed by atoms with van der Waals surface area (Å²) in [5, 5.41) is 23.2. The average Bonchev–Trinajstić information content (AvgIpc) is 2.75. The van der Waals surface area contributed by atoms with Crippen molar-refractivity contribution in [2.24, 2.45) is 0 Å². The summed E-state index contributed by atoms with van der Waals surface area (Å²) in [5.41, 5.74) is 6.47. The van der Waals surface area contributed by atoms with Gasteiger partial charge in [0.25, 0.3) is 5.91 Å². The number of carbonyl (C=O) groups excluding carboxylic acids is 1. The number of amides is 1. The minimum absolute atomic E-state index is 0. The Morgan fingerprint density at radius 3 is 2.45 bits per heavy atom. The van der Waals surface area contributed by atoms with Crippen LogP contribution in [0.2, 0.25) is 0 Å². The number of fused-ring (bicyclic) bond motifs is 1. The molecule has 1 amide bonds. The van der Waals surface area contributed by atoms with Crippen LogP contribution in [0.15, 0.2) is 35.3 Å². The number of aliphatic carboxylic acids is 2. The van der Waals surface area contributed by atoms with Gasteiger partial charge in [-0.15, -0.1) is 0 Å². The van der Waals surface area contributed by atoms with Crippen molar-refractivity contribution < 1.29 is 24.6 Å². The first-order valence-corrected chi connectivity index (χ1v) is 9.33. The number of carboxylic acid groups (broad SMARTS) is 2. The number of hydrogen-bond acceptors (Lipinski definition) is 9.